The van der Waals surface area contributed by atoms with E-state index in [0.29, 0.717) is 12.4 Å². The molecule has 1 unspecified atom stereocenters. The van der Waals surface area contributed by atoms with Crippen molar-refractivity contribution in [2.45, 2.75) is 46.6 Å². The van der Waals surface area contributed by atoms with Gasteiger partial charge in [0.25, 0.3) is 0 Å². The highest BCUT2D eigenvalue weighted by Crippen LogP contribution is 2.36. The van der Waals surface area contributed by atoms with Crippen LogP contribution in [-0.4, -0.2) is 18.3 Å². The summed E-state index contributed by atoms with van der Waals surface area (Å²) in [6.45, 7) is 12.8. The fraction of sp³-hybridized carbons (Fsp3) is 0.444. The molecule has 1 aliphatic heterocycles. The zero-order valence-corrected chi connectivity index (χ0v) is 14.4. The fourth-order valence-corrected chi connectivity index (χ4v) is 2.53. The molecule has 0 amide bonds. The van der Waals surface area contributed by atoms with Crippen LogP contribution in [0.4, 0.5) is 0 Å². The van der Waals surface area contributed by atoms with E-state index in [1.54, 1.807) is 0 Å². The molecule has 5 heteroatoms. The normalized spacial score (nSPS) is 18.2. The van der Waals surface area contributed by atoms with E-state index in [1.165, 1.54) is 11.1 Å². The van der Waals surface area contributed by atoms with Crippen molar-refractivity contribution in [3.05, 3.63) is 41.2 Å². The summed E-state index contributed by atoms with van der Waals surface area (Å²) in [4.78, 5) is 8.45. The summed E-state index contributed by atoms with van der Waals surface area (Å²) in [5.41, 5.74) is 10.3. The van der Waals surface area contributed by atoms with E-state index in [-0.39, 0.29) is 12.0 Å². The molecule has 0 fully saturated rings. The van der Waals surface area contributed by atoms with Crippen LogP contribution in [0.1, 0.15) is 49.4 Å². The van der Waals surface area contributed by atoms with Crippen molar-refractivity contribution in [3.8, 4) is 5.75 Å². The highest BCUT2D eigenvalue weighted by molar-refractivity contribution is 5.95. The number of nitrogens with zero attached hydrogens (tertiary/aromatic N) is 2. The molecular weight excluding hydrogens is 288 g/mol. The molecule has 0 bridgehead atoms. The fourth-order valence-electron chi connectivity index (χ4n) is 2.53. The van der Waals surface area contributed by atoms with Crippen molar-refractivity contribution >= 4 is 11.7 Å². The molecule has 124 valence electrons. The predicted molar refractivity (Wildman–Crippen MR) is 96.1 cm³/mol. The van der Waals surface area contributed by atoms with E-state index < -0.39 is 0 Å². The molecule has 23 heavy (non-hydrogen) atoms. The van der Waals surface area contributed by atoms with Crippen LogP contribution < -0.4 is 15.8 Å². The van der Waals surface area contributed by atoms with Gasteiger partial charge in [0.05, 0.1) is 12.6 Å². The Morgan fingerprint density at radius 3 is 2.83 bits per heavy atom. The Balaban J connectivity index is 2.15. The first-order valence-electron chi connectivity index (χ1n) is 7.99. The number of fused-ring (bicyclic) bond motifs is 1. The monoisotopic (exact) mass is 314 g/mol. The summed E-state index contributed by atoms with van der Waals surface area (Å²) in [5.74, 6) is 1.72. The summed E-state index contributed by atoms with van der Waals surface area (Å²) in [5, 5.41) is 3.33. The van der Waals surface area contributed by atoms with E-state index in [2.05, 4.69) is 47.9 Å². The van der Waals surface area contributed by atoms with Crippen LogP contribution in [0.25, 0.3) is 0 Å². The third-order valence-corrected chi connectivity index (χ3v) is 4.14. The number of hydrogen-bond donors (Lipinski definition) is 2. The summed E-state index contributed by atoms with van der Waals surface area (Å²) >= 11 is 0. The number of aliphatic imine (C=N–C) groups is 2. The van der Waals surface area contributed by atoms with Crippen LogP contribution in [-0.2, 0) is 0 Å². The third kappa shape index (κ3) is 4.12. The third-order valence-electron chi connectivity index (χ3n) is 4.14. The van der Waals surface area contributed by atoms with Crippen molar-refractivity contribution in [2.24, 2.45) is 15.7 Å². The lowest BCUT2D eigenvalue weighted by atomic mass is 9.95. The number of rotatable bonds is 4. The Morgan fingerprint density at radius 1 is 1.39 bits per heavy atom. The molecule has 1 aromatic rings. The highest BCUT2D eigenvalue weighted by Gasteiger charge is 2.23. The van der Waals surface area contributed by atoms with Gasteiger partial charge in [-0.3, -0.25) is 0 Å². The smallest absolute Gasteiger partial charge is 0.221 e. The van der Waals surface area contributed by atoms with Crippen molar-refractivity contribution < 1.29 is 4.74 Å². The average molecular weight is 314 g/mol. The number of nitrogens with one attached hydrogen (secondary N) is 1. The Hall–Kier alpha value is -2.30. The topological polar surface area (TPSA) is 72.0 Å². The first kappa shape index (κ1) is 17.1. The van der Waals surface area contributed by atoms with Gasteiger partial charge < -0.3 is 15.8 Å². The maximum absolute atomic E-state index is 5.84. The Kier molecular flexibility index (Phi) is 5.42. The minimum atomic E-state index is 0.123. The van der Waals surface area contributed by atoms with Crippen LogP contribution >= 0.6 is 0 Å². The molecule has 1 heterocycles. The lowest BCUT2D eigenvalue weighted by Crippen LogP contribution is -2.27. The molecule has 0 saturated heterocycles. The van der Waals surface area contributed by atoms with Gasteiger partial charge in [0, 0.05) is 17.7 Å². The zero-order chi connectivity index (χ0) is 17.0. The Bertz CT molecular complexity index is 661. The maximum Gasteiger partial charge on any atom is 0.221 e. The minimum absolute atomic E-state index is 0.123. The zero-order valence-electron chi connectivity index (χ0n) is 14.4. The Labute approximate surface area is 138 Å². The van der Waals surface area contributed by atoms with Gasteiger partial charge in [-0.05, 0) is 38.3 Å². The SMILES string of the molecule is C=C(/N=C(N)\N=C(/C)CC)NC1CCOc2c1ccc(C)c2C. The largest absolute Gasteiger partial charge is 0.493 e. The molecule has 1 atom stereocenters. The van der Waals surface area contributed by atoms with Crippen LogP contribution in [0.5, 0.6) is 5.75 Å². The van der Waals surface area contributed by atoms with Gasteiger partial charge in [0.2, 0.25) is 5.96 Å². The maximum atomic E-state index is 5.84. The van der Waals surface area contributed by atoms with E-state index >= 15 is 0 Å². The van der Waals surface area contributed by atoms with E-state index in [9.17, 15) is 0 Å². The van der Waals surface area contributed by atoms with Gasteiger partial charge in [0.1, 0.15) is 11.6 Å². The highest BCUT2D eigenvalue weighted by atomic mass is 16.5. The number of benzene rings is 1. The van der Waals surface area contributed by atoms with Crippen molar-refractivity contribution in [1.29, 1.82) is 0 Å². The van der Waals surface area contributed by atoms with E-state index in [1.807, 2.05) is 13.8 Å². The van der Waals surface area contributed by atoms with Crippen molar-refractivity contribution in [2.75, 3.05) is 6.61 Å². The molecule has 2 rings (SSSR count). The quantitative estimate of drug-likeness (QED) is 0.661. The van der Waals surface area contributed by atoms with Crippen LogP contribution in [0.3, 0.4) is 0 Å². The van der Waals surface area contributed by atoms with Gasteiger partial charge in [-0.1, -0.05) is 25.6 Å². The standard InChI is InChI=1S/C18H26N4O/c1-6-12(3)20-18(19)22-14(5)21-16-9-10-23-17-13(4)11(2)7-8-15(16)17/h7-8,16,21H,5-6,9-10H2,1-4H3,(H2,19,22)/b20-12+. The van der Waals surface area contributed by atoms with Crippen molar-refractivity contribution in [1.82, 2.24) is 5.32 Å². The number of hydrogen-bond acceptors (Lipinski definition) is 3. The number of ether oxygens (including phenoxy) is 1. The molecule has 0 radical (unpaired) electrons. The first-order chi connectivity index (χ1) is 10.9. The van der Waals surface area contributed by atoms with Gasteiger partial charge >= 0.3 is 0 Å². The molecule has 0 spiro atoms. The summed E-state index contributed by atoms with van der Waals surface area (Å²) in [7, 11) is 0. The summed E-state index contributed by atoms with van der Waals surface area (Å²) in [6.07, 6.45) is 1.71. The molecule has 1 aliphatic rings. The van der Waals surface area contributed by atoms with Crippen molar-refractivity contribution in [3.63, 3.8) is 0 Å². The second-order valence-electron chi connectivity index (χ2n) is 5.88. The van der Waals surface area contributed by atoms with Gasteiger partial charge in [-0.25, -0.2) is 4.99 Å². The molecule has 0 aromatic heterocycles. The molecule has 1 aromatic carbocycles. The molecule has 3 N–H and O–H groups in total. The second-order valence-corrected chi connectivity index (χ2v) is 5.88. The minimum Gasteiger partial charge on any atom is -0.493 e. The number of aryl methyl sites for hydroxylation is 1. The lowest BCUT2D eigenvalue weighted by molar-refractivity contribution is 0.256. The second kappa shape index (κ2) is 7.31. The van der Waals surface area contributed by atoms with Gasteiger partial charge in [-0.15, -0.1) is 0 Å². The first-order valence-corrected chi connectivity index (χ1v) is 7.99. The molecule has 0 saturated carbocycles. The lowest BCUT2D eigenvalue weighted by Gasteiger charge is -2.29. The van der Waals surface area contributed by atoms with Gasteiger partial charge in [-0.2, -0.15) is 4.99 Å². The average Bonchev–Trinajstić information content (AvgIpc) is 2.51. The Morgan fingerprint density at radius 2 is 2.13 bits per heavy atom. The summed E-state index contributed by atoms with van der Waals surface area (Å²) < 4.78 is 5.84. The van der Waals surface area contributed by atoms with E-state index in [4.69, 9.17) is 10.5 Å². The number of guanidine groups is 1. The molecular formula is C18H26N4O. The summed E-state index contributed by atoms with van der Waals surface area (Å²) in [6, 6.07) is 4.35. The van der Waals surface area contributed by atoms with Crippen LogP contribution in [0, 0.1) is 13.8 Å². The predicted octanol–water partition coefficient (Wildman–Crippen LogP) is 3.37. The van der Waals surface area contributed by atoms with Crippen LogP contribution in [0.15, 0.2) is 34.5 Å². The molecule has 5 nitrogen and oxygen atoms in total. The molecule has 0 aliphatic carbocycles. The van der Waals surface area contributed by atoms with E-state index in [0.717, 1.165) is 29.9 Å². The van der Waals surface area contributed by atoms with Crippen LogP contribution in [0.2, 0.25) is 0 Å². The van der Waals surface area contributed by atoms with Gasteiger partial charge in [0.15, 0.2) is 0 Å². The number of nitrogens with two attached hydrogens (primary N) is 1.